The molecule has 1 aliphatic carbocycles. The maximum atomic E-state index is 13.6. The third-order valence-corrected chi connectivity index (χ3v) is 4.22. The van der Waals surface area contributed by atoms with Crippen molar-refractivity contribution in [2.75, 3.05) is 12.4 Å². The van der Waals surface area contributed by atoms with Gasteiger partial charge in [-0.1, -0.05) is 6.07 Å². The summed E-state index contributed by atoms with van der Waals surface area (Å²) in [4.78, 5) is 23.9. The van der Waals surface area contributed by atoms with Crippen LogP contribution in [0.1, 0.15) is 28.4 Å². The lowest BCUT2D eigenvalue weighted by Gasteiger charge is -2.27. The molecule has 0 aromatic heterocycles. The maximum Gasteiger partial charge on any atom is 0.337 e. The van der Waals surface area contributed by atoms with Gasteiger partial charge in [0.2, 0.25) is 0 Å². The molecular weight excluding hydrogens is 297 g/mol. The van der Waals surface area contributed by atoms with Crippen molar-refractivity contribution in [3.63, 3.8) is 0 Å². The topological polar surface area (TPSA) is 55.4 Å². The fraction of sp³-hybridized carbons (Fsp3) is 0.222. The van der Waals surface area contributed by atoms with E-state index < -0.39 is 11.5 Å². The summed E-state index contributed by atoms with van der Waals surface area (Å²) in [5.41, 5.74) is 1.60. The molecule has 0 amide bonds. The third-order valence-electron chi connectivity index (χ3n) is 4.22. The molecule has 4 nitrogen and oxygen atoms in total. The summed E-state index contributed by atoms with van der Waals surface area (Å²) in [5.74, 6) is -0.810. The quantitative estimate of drug-likeness (QED) is 0.885. The van der Waals surface area contributed by atoms with Crippen LogP contribution < -0.4 is 5.32 Å². The lowest BCUT2D eigenvalue weighted by atomic mass is 9.92. The molecule has 0 saturated carbocycles. The number of rotatable bonds is 3. The Bertz CT molecular complexity index is 785. The van der Waals surface area contributed by atoms with Crippen molar-refractivity contribution in [3.8, 4) is 0 Å². The number of esters is 1. The van der Waals surface area contributed by atoms with Crippen LogP contribution in [0, 0.1) is 5.82 Å². The number of carbonyl (C=O) groups excluding carboxylic acids is 2. The molecule has 0 aliphatic heterocycles. The highest BCUT2D eigenvalue weighted by molar-refractivity contribution is 5.98. The summed E-state index contributed by atoms with van der Waals surface area (Å²) in [6.45, 7) is 1.74. The van der Waals surface area contributed by atoms with Crippen LogP contribution in [-0.4, -0.2) is 18.9 Å². The Kier molecular flexibility index (Phi) is 3.64. The highest BCUT2D eigenvalue weighted by Gasteiger charge is 2.42. The highest BCUT2D eigenvalue weighted by Crippen LogP contribution is 2.37. The zero-order valence-corrected chi connectivity index (χ0v) is 12.9. The molecule has 2 aromatic carbocycles. The zero-order chi connectivity index (χ0) is 16.6. The summed E-state index contributed by atoms with van der Waals surface area (Å²) >= 11 is 0. The van der Waals surface area contributed by atoms with Gasteiger partial charge in [0.1, 0.15) is 11.4 Å². The first-order valence-corrected chi connectivity index (χ1v) is 7.23. The van der Waals surface area contributed by atoms with Crippen molar-refractivity contribution >= 4 is 17.4 Å². The Morgan fingerprint density at radius 2 is 1.91 bits per heavy atom. The SMILES string of the molecule is COC(=O)c1ccc(NC2(C)C(=O)Cc3ccc(F)cc32)cc1. The predicted molar refractivity (Wildman–Crippen MR) is 83.9 cm³/mol. The van der Waals surface area contributed by atoms with Crippen LogP contribution in [0.2, 0.25) is 0 Å². The van der Waals surface area contributed by atoms with Gasteiger partial charge in [0.15, 0.2) is 5.78 Å². The van der Waals surface area contributed by atoms with E-state index >= 15 is 0 Å². The van der Waals surface area contributed by atoms with Gasteiger partial charge < -0.3 is 10.1 Å². The number of Topliss-reactive ketones (excluding diaryl/α,β-unsaturated/α-hetero) is 1. The van der Waals surface area contributed by atoms with Crippen molar-refractivity contribution in [3.05, 3.63) is 65.0 Å². The molecule has 1 aliphatic rings. The fourth-order valence-electron chi connectivity index (χ4n) is 2.90. The Morgan fingerprint density at radius 1 is 1.22 bits per heavy atom. The van der Waals surface area contributed by atoms with E-state index in [1.165, 1.54) is 19.2 Å². The Hall–Kier alpha value is -2.69. The van der Waals surface area contributed by atoms with Crippen molar-refractivity contribution in [1.29, 1.82) is 0 Å². The second-order valence-corrected chi connectivity index (χ2v) is 5.72. The molecule has 0 saturated heterocycles. The zero-order valence-electron chi connectivity index (χ0n) is 12.9. The number of benzene rings is 2. The first kappa shape index (κ1) is 15.2. The van der Waals surface area contributed by atoms with Gasteiger partial charge in [-0.15, -0.1) is 0 Å². The van der Waals surface area contributed by atoms with Crippen LogP contribution in [0.15, 0.2) is 42.5 Å². The molecule has 0 spiro atoms. The predicted octanol–water partition coefficient (Wildman–Crippen LogP) is 3.06. The number of ether oxygens (including phenoxy) is 1. The minimum Gasteiger partial charge on any atom is -0.465 e. The van der Waals surface area contributed by atoms with Gasteiger partial charge in [0.25, 0.3) is 0 Å². The number of halogens is 1. The second-order valence-electron chi connectivity index (χ2n) is 5.72. The lowest BCUT2D eigenvalue weighted by molar-refractivity contribution is -0.121. The first-order valence-electron chi connectivity index (χ1n) is 7.23. The summed E-state index contributed by atoms with van der Waals surface area (Å²) in [5, 5.41) is 3.17. The summed E-state index contributed by atoms with van der Waals surface area (Å²) in [6, 6.07) is 11.0. The summed E-state index contributed by atoms with van der Waals surface area (Å²) in [6.07, 6.45) is 0.277. The number of anilines is 1. The van der Waals surface area contributed by atoms with E-state index in [4.69, 9.17) is 0 Å². The van der Waals surface area contributed by atoms with Gasteiger partial charge in [-0.05, 0) is 54.4 Å². The minimum atomic E-state index is -0.982. The molecule has 0 bridgehead atoms. The Labute approximate surface area is 133 Å². The van der Waals surface area contributed by atoms with Crippen LogP contribution >= 0.6 is 0 Å². The standard InChI is InChI=1S/C18H16FNO3/c1-18(15-10-13(19)6-3-12(15)9-16(18)21)20-14-7-4-11(5-8-14)17(22)23-2/h3-8,10,20H,9H2,1-2H3. The molecule has 0 heterocycles. The Morgan fingerprint density at radius 3 is 2.57 bits per heavy atom. The van der Waals surface area contributed by atoms with E-state index in [9.17, 15) is 14.0 Å². The van der Waals surface area contributed by atoms with E-state index in [0.717, 1.165) is 5.56 Å². The lowest BCUT2D eigenvalue weighted by Crippen LogP contribution is -2.37. The van der Waals surface area contributed by atoms with Gasteiger partial charge >= 0.3 is 5.97 Å². The monoisotopic (exact) mass is 313 g/mol. The molecule has 1 atom stereocenters. The van der Waals surface area contributed by atoms with E-state index in [0.29, 0.717) is 16.8 Å². The molecule has 1 unspecified atom stereocenters. The number of carbonyl (C=O) groups is 2. The molecular formula is C18H16FNO3. The average molecular weight is 313 g/mol. The van der Waals surface area contributed by atoms with Gasteiger partial charge in [-0.2, -0.15) is 0 Å². The minimum absolute atomic E-state index is 0.0184. The van der Waals surface area contributed by atoms with E-state index in [1.54, 1.807) is 37.3 Å². The van der Waals surface area contributed by atoms with Gasteiger partial charge in [-0.25, -0.2) is 9.18 Å². The molecule has 1 N–H and O–H groups in total. The van der Waals surface area contributed by atoms with Crippen molar-refractivity contribution in [1.82, 2.24) is 0 Å². The average Bonchev–Trinajstić information content (AvgIpc) is 2.79. The van der Waals surface area contributed by atoms with Crippen molar-refractivity contribution < 1.29 is 18.7 Å². The molecule has 5 heteroatoms. The van der Waals surface area contributed by atoms with Gasteiger partial charge in [0, 0.05) is 12.1 Å². The van der Waals surface area contributed by atoms with Crippen LogP contribution in [0.5, 0.6) is 0 Å². The molecule has 0 radical (unpaired) electrons. The normalized spacial score (nSPS) is 19.3. The summed E-state index contributed by atoms with van der Waals surface area (Å²) in [7, 11) is 1.32. The van der Waals surface area contributed by atoms with E-state index in [2.05, 4.69) is 10.1 Å². The van der Waals surface area contributed by atoms with Crippen molar-refractivity contribution in [2.24, 2.45) is 0 Å². The number of nitrogens with one attached hydrogen (secondary N) is 1. The Balaban J connectivity index is 1.92. The number of fused-ring (bicyclic) bond motifs is 1. The first-order chi connectivity index (χ1) is 10.9. The largest absolute Gasteiger partial charge is 0.465 e. The van der Waals surface area contributed by atoms with E-state index in [1.807, 2.05) is 0 Å². The molecule has 0 fully saturated rings. The number of hydrogen-bond donors (Lipinski definition) is 1. The number of ketones is 1. The fourth-order valence-corrected chi connectivity index (χ4v) is 2.90. The van der Waals surface area contributed by atoms with Crippen molar-refractivity contribution in [2.45, 2.75) is 18.9 Å². The van der Waals surface area contributed by atoms with Crippen LogP contribution in [0.25, 0.3) is 0 Å². The number of methoxy groups -OCH3 is 1. The van der Waals surface area contributed by atoms with Crippen LogP contribution in [0.3, 0.4) is 0 Å². The number of hydrogen-bond acceptors (Lipinski definition) is 4. The highest BCUT2D eigenvalue weighted by atomic mass is 19.1. The van der Waals surface area contributed by atoms with Crippen LogP contribution in [-0.2, 0) is 21.5 Å². The second kappa shape index (κ2) is 5.50. The summed E-state index contributed by atoms with van der Waals surface area (Å²) < 4.78 is 18.2. The third kappa shape index (κ3) is 2.59. The molecule has 3 rings (SSSR count). The van der Waals surface area contributed by atoms with E-state index in [-0.39, 0.29) is 18.0 Å². The molecule has 23 heavy (non-hydrogen) atoms. The van der Waals surface area contributed by atoms with Gasteiger partial charge in [-0.3, -0.25) is 4.79 Å². The molecule has 2 aromatic rings. The van der Waals surface area contributed by atoms with Crippen LogP contribution in [0.4, 0.5) is 10.1 Å². The molecule has 118 valence electrons. The van der Waals surface area contributed by atoms with Gasteiger partial charge in [0.05, 0.1) is 12.7 Å². The maximum absolute atomic E-state index is 13.6. The smallest absolute Gasteiger partial charge is 0.337 e.